The third-order valence-corrected chi connectivity index (χ3v) is 3.92. The van der Waals surface area contributed by atoms with Crippen LogP contribution in [0.15, 0.2) is 40.0 Å². The minimum absolute atomic E-state index is 0.225. The Morgan fingerprint density at radius 2 is 2.22 bits per heavy atom. The highest BCUT2D eigenvalue weighted by Crippen LogP contribution is 2.27. The fraction of sp³-hybridized carbons (Fsp3) is 0.143. The summed E-state index contributed by atoms with van der Waals surface area (Å²) in [6.45, 7) is -0.275. The van der Waals surface area contributed by atoms with Crippen LogP contribution in [-0.4, -0.2) is 25.3 Å². The van der Waals surface area contributed by atoms with Gasteiger partial charge in [0.05, 0.1) is 11.2 Å². The Hall–Kier alpha value is -2.19. The summed E-state index contributed by atoms with van der Waals surface area (Å²) in [5, 5.41) is 4.60. The van der Waals surface area contributed by atoms with Gasteiger partial charge in [0.15, 0.2) is 5.65 Å². The first kappa shape index (κ1) is 15.7. The van der Waals surface area contributed by atoms with Crippen molar-refractivity contribution in [1.82, 2.24) is 19.3 Å². The van der Waals surface area contributed by atoms with Gasteiger partial charge in [-0.15, -0.1) is 0 Å². The number of aryl methyl sites for hydroxylation is 1. The van der Waals surface area contributed by atoms with Crippen LogP contribution in [0.4, 0.5) is 0 Å². The van der Waals surface area contributed by atoms with E-state index in [0.717, 1.165) is 4.47 Å². The first-order valence-electron chi connectivity index (χ1n) is 6.48. The lowest BCUT2D eigenvalue weighted by Crippen LogP contribution is -2.26. The highest BCUT2D eigenvalue weighted by molar-refractivity contribution is 9.10. The van der Waals surface area contributed by atoms with E-state index in [0.29, 0.717) is 16.1 Å². The third kappa shape index (κ3) is 3.13. The maximum Gasteiger partial charge on any atom is 0.331 e. The molecule has 0 fully saturated rings. The number of hydrogen-bond acceptors (Lipinski definition) is 5. The Bertz CT molecular complexity index is 966. The number of ether oxygens (including phenoxy) is 1. The average molecular weight is 398 g/mol. The molecule has 2 aromatic heterocycles. The van der Waals surface area contributed by atoms with Crippen LogP contribution < -0.4 is 10.3 Å². The standard InChI is InChI=1S/C14H10BrClN4O3/c1-19-13-9(5-18-19)14(22)20(7-17-13)6-12(21)23-11-3-2-8(15)4-10(11)16/h2-5,7H,6H2,1H3. The fourth-order valence-corrected chi connectivity index (χ4v) is 2.74. The van der Waals surface area contributed by atoms with Crippen LogP contribution in [0.3, 0.4) is 0 Å². The molecule has 0 atom stereocenters. The van der Waals surface area contributed by atoms with Crippen molar-refractivity contribution in [3.63, 3.8) is 0 Å². The molecule has 9 heteroatoms. The van der Waals surface area contributed by atoms with Gasteiger partial charge in [0.1, 0.15) is 24.0 Å². The maximum absolute atomic E-state index is 12.3. The predicted molar refractivity (Wildman–Crippen MR) is 87.6 cm³/mol. The summed E-state index contributed by atoms with van der Waals surface area (Å²) in [6, 6.07) is 4.87. The molecule has 7 nitrogen and oxygen atoms in total. The Labute approximate surface area is 143 Å². The lowest BCUT2D eigenvalue weighted by molar-refractivity contribution is -0.135. The van der Waals surface area contributed by atoms with Crippen molar-refractivity contribution >= 4 is 44.5 Å². The van der Waals surface area contributed by atoms with Crippen LogP contribution in [0.2, 0.25) is 5.02 Å². The van der Waals surface area contributed by atoms with Crippen LogP contribution in [-0.2, 0) is 18.4 Å². The highest BCUT2D eigenvalue weighted by atomic mass is 79.9. The van der Waals surface area contributed by atoms with Crippen molar-refractivity contribution in [2.45, 2.75) is 6.54 Å². The molecule has 0 unspecified atom stereocenters. The maximum atomic E-state index is 12.3. The summed E-state index contributed by atoms with van der Waals surface area (Å²) in [4.78, 5) is 28.4. The topological polar surface area (TPSA) is 79.0 Å². The van der Waals surface area contributed by atoms with Gasteiger partial charge in [-0.1, -0.05) is 27.5 Å². The molecule has 0 radical (unpaired) electrons. The number of rotatable bonds is 3. The zero-order valence-electron chi connectivity index (χ0n) is 11.9. The van der Waals surface area contributed by atoms with Gasteiger partial charge in [0, 0.05) is 11.5 Å². The van der Waals surface area contributed by atoms with Gasteiger partial charge in [0.25, 0.3) is 5.56 Å². The minimum atomic E-state index is -0.624. The smallest absolute Gasteiger partial charge is 0.331 e. The molecule has 23 heavy (non-hydrogen) atoms. The van der Waals surface area contributed by atoms with Crippen molar-refractivity contribution in [3.8, 4) is 5.75 Å². The van der Waals surface area contributed by atoms with E-state index in [2.05, 4.69) is 26.0 Å². The van der Waals surface area contributed by atoms with Crippen LogP contribution in [0, 0.1) is 0 Å². The van der Waals surface area contributed by atoms with Crippen LogP contribution >= 0.6 is 27.5 Å². The summed E-state index contributed by atoms with van der Waals surface area (Å²) >= 11 is 9.25. The number of halogens is 2. The second-order valence-corrected chi connectivity index (χ2v) is 6.05. The molecule has 2 heterocycles. The molecule has 3 aromatic rings. The van der Waals surface area contributed by atoms with Crippen molar-refractivity contribution in [2.75, 3.05) is 0 Å². The molecule has 1 aromatic carbocycles. The number of hydrogen-bond donors (Lipinski definition) is 0. The van der Waals surface area contributed by atoms with Crippen molar-refractivity contribution in [1.29, 1.82) is 0 Å². The number of fused-ring (bicyclic) bond motifs is 1. The summed E-state index contributed by atoms with van der Waals surface area (Å²) in [6.07, 6.45) is 2.70. The molecule has 0 aliphatic heterocycles. The fourth-order valence-electron chi connectivity index (χ4n) is 2.03. The molecular weight excluding hydrogens is 388 g/mol. The van der Waals surface area contributed by atoms with Crippen molar-refractivity contribution in [2.24, 2.45) is 7.05 Å². The van der Waals surface area contributed by atoms with Gasteiger partial charge < -0.3 is 4.74 Å². The summed E-state index contributed by atoms with van der Waals surface area (Å²) in [5.41, 5.74) is 0.0949. The summed E-state index contributed by atoms with van der Waals surface area (Å²) < 4.78 is 8.60. The normalized spacial score (nSPS) is 10.9. The van der Waals surface area contributed by atoms with Gasteiger partial charge in [-0.3, -0.25) is 14.0 Å². The molecule has 0 saturated heterocycles. The van der Waals surface area contributed by atoms with E-state index in [-0.39, 0.29) is 17.9 Å². The largest absolute Gasteiger partial charge is 0.424 e. The lowest BCUT2D eigenvalue weighted by atomic mass is 10.3. The van der Waals surface area contributed by atoms with E-state index in [9.17, 15) is 9.59 Å². The number of aromatic nitrogens is 4. The predicted octanol–water partition coefficient (Wildman–Crippen LogP) is 2.15. The van der Waals surface area contributed by atoms with Gasteiger partial charge in [0.2, 0.25) is 0 Å². The zero-order chi connectivity index (χ0) is 16.6. The zero-order valence-corrected chi connectivity index (χ0v) is 14.2. The molecule has 118 valence electrons. The summed E-state index contributed by atoms with van der Waals surface area (Å²) in [7, 11) is 1.68. The number of nitrogens with zero attached hydrogens (tertiary/aromatic N) is 4. The van der Waals surface area contributed by atoms with Gasteiger partial charge in [-0.25, -0.2) is 9.78 Å². The Balaban J connectivity index is 1.83. The van der Waals surface area contributed by atoms with E-state index >= 15 is 0 Å². The summed E-state index contributed by atoms with van der Waals surface area (Å²) in [5.74, 6) is -0.398. The molecule has 0 spiro atoms. The molecule has 0 amide bonds. The first-order valence-corrected chi connectivity index (χ1v) is 7.65. The third-order valence-electron chi connectivity index (χ3n) is 3.14. The molecule has 0 aliphatic rings. The number of benzene rings is 1. The Morgan fingerprint density at radius 1 is 1.43 bits per heavy atom. The second kappa shape index (κ2) is 6.13. The molecule has 0 N–H and O–H groups in total. The van der Waals surface area contributed by atoms with Crippen LogP contribution in [0.1, 0.15) is 0 Å². The second-order valence-electron chi connectivity index (χ2n) is 4.73. The Kier molecular flexibility index (Phi) is 4.18. The SMILES string of the molecule is Cn1ncc2c(=O)n(CC(=O)Oc3ccc(Br)cc3Cl)cnc21. The van der Waals surface area contributed by atoms with Crippen molar-refractivity contribution < 1.29 is 9.53 Å². The molecule has 0 saturated carbocycles. The quantitative estimate of drug-likeness (QED) is 0.500. The van der Waals surface area contributed by atoms with Crippen molar-refractivity contribution in [3.05, 3.63) is 50.6 Å². The monoisotopic (exact) mass is 396 g/mol. The number of esters is 1. The molecule has 0 bridgehead atoms. The van der Waals surface area contributed by atoms with E-state index in [1.807, 2.05) is 0 Å². The number of carbonyl (C=O) groups excluding carboxylic acids is 1. The van der Waals surface area contributed by atoms with Gasteiger partial charge in [-0.05, 0) is 18.2 Å². The van der Waals surface area contributed by atoms with Crippen LogP contribution in [0.5, 0.6) is 5.75 Å². The highest BCUT2D eigenvalue weighted by Gasteiger charge is 2.13. The average Bonchev–Trinajstić information content (AvgIpc) is 2.87. The van der Waals surface area contributed by atoms with E-state index in [4.69, 9.17) is 16.3 Å². The lowest BCUT2D eigenvalue weighted by Gasteiger charge is -2.08. The van der Waals surface area contributed by atoms with E-state index in [1.165, 1.54) is 21.8 Å². The van der Waals surface area contributed by atoms with Gasteiger partial charge in [-0.2, -0.15) is 5.10 Å². The number of carbonyl (C=O) groups is 1. The first-order chi connectivity index (χ1) is 11.0. The van der Waals surface area contributed by atoms with E-state index < -0.39 is 5.97 Å². The van der Waals surface area contributed by atoms with Crippen LogP contribution in [0.25, 0.3) is 11.0 Å². The van der Waals surface area contributed by atoms with Gasteiger partial charge >= 0.3 is 5.97 Å². The van der Waals surface area contributed by atoms with E-state index in [1.54, 1.807) is 25.2 Å². The molecule has 3 rings (SSSR count). The Morgan fingerprint density at radius 3 is 2.96 bits per heavy atom. The molecule has 0 aliphatic carbocycles. The molecular formula is C14H10BrClN4O3. The minimum Gasteiger partial charge on any atom is -0.424 e.